The van der Waals surface area contributed by atoms with E-state index in [-0.39, 0.29) is 22.7 Å². The summed E-state index contributed by atoms with van der Waals surface area (Å²) in [4.78, 5) is 27.1. The number of amides is 1. The van der Waals surface area contributed by atoms with Crippen molar-refractivity contribution in [1.82, 2.24) is 4.90 Å². The third-order valence-corrected chi connectivity index (χ3v) is 5.50. The van der Waals surface area contributed by atoms with Gasteiger partial charge in [0.15, 0.2) is 0 Å². The van der Waals surface area contributed by atoms with Crippen LogP contribution in [0.15, 0.2) is 0 Å². The highest BCUT2D eigenvalue weighted by Gasteiger charge is 2.41. The van der Waals surface area contributed by atoms with Crippen LogP contribution in [0.5, 0.6) is 0 Å². The molecule has 0 saturated carbocycles. The highest BCUT2D eigenvalue weighted by atomic mass is 32.2. The van der Waals surface area contributed by atoms with Gasteiger partial charge in [-0.3, -0.25) is 4.79 Å². The summed E-state index contributed by atoms with van der Waals surface area (Å²) in [5.41, 5.74) is 0.208. The lowest BCUT2D eigenvalue weighted by atomic mass is 9.84. The van der Waals surface area contributed by atoms with Gasteiger partial charge in [0.25, 0.3) is 0 Å². The van der Waals surface area contributed by atoms with Gasteiger partial charge < -0.3 is 9.64 Å². The Morgan fingerprint density at radius 1 is 1.25 bits per heavy atom. The molecule has 0 aromatic carbocycles. The Morgan fingerprint density at radius 2 is 1.88 bits per heavy atom. The van der Waals surface area contributed by atoms with Gasteiger partial charge in [-0.2, -0.15) is 0 Å². The van der Waals surface area contributed by atoms with Crippen LogP contribution in [0.25, 0.3) is 0 Å². The molecule has 1 rings (SSSR count). The van der Waals surface area contributed by atoms with E-state index >= 15 is 0 Å². The molecule has 1 saturated heterocycles. The van der Waals surface area contributed by atoms with Gasteiger partial charge >= 0.3 is 5.97 Å². The molecule has 0 aromatic rings. The summed E-state index contributed by atoms with van der Waals surface area (Å²) in [5.74, 6) is 1.11. The summed E-state index contributed by atoms with van der Waals surface area (Å²) in [6.45, 7) is 15.2. The van der Waals surface area contributed by atoms with Crippen molar-refractivity contribution in [3.63, 3.8) is 0 Å². The zero-order chi connectivity index (χ0) is 18.5. The van der Waals surface area contributed by atoms with Crippen LogP contribution in [-0.4, -0.2) is 40.6 Å². The molecule has 1 fully saturated rings. The number of rotatable bonds is 7. The highest BCUT2D eigenvalue weighted by Crippen LogP contribution is 2.34. The summed E-state index contributed by atoms with van der Waals surface area (Å²) < 4.78 is 5.40. The summed E-state index contributed by atoms with van der Waals surface area (Å²) in [5, 5.41) is 0.0935. The van der Waals surface area contributed by atoms with Crippen LogP contribution in [0.4, 0.5) is 0 Å². The zero-order valence-corrected chi connectivity index (χ0v) is 17.2. The van der Waals surface area contributed by atoms with Gasteiger partial charge in [0.1, 0.15) is 6.04 Å². The monoisotopic (exact) mass is 357 g/mol. The molecule has 1 aliphatic rings. The number of thioether (sulfide) groups is 1. The molecule has 0 spiro atoms. The molecule has 0 bridgehead atoms. The van der Waals surface area contributed by atoms with Gasteiger partial charge in [-0.15, -0.1) is 11.8 Å². The molecule has 1 amide bonds. The van der Waals surface area contributed by atoms with E-state index in [4.69, 9.17) is 4.74 Å². The van der Waals surface area contributed by atoms with Gasteiger partial charge in [-0.1, -0.05) is 48.5 Å². The number of esters is 1. The molecule has 0 N–H and O–H groups in total. The third-order valence-electron chi connectivity index (χ3n) is 4.04. The molecular weight excluding hydrogens is 322 g/mol. The third kappa shape index (κ3) is 6.66. The van der Waals surface area contributed by atoms with Crippen LogP contribution in [-0.2, 0) is 14.3 Å². The number of nitrogens with zero attached hydrogens (tertiary/aromatic N) is 1. The number of carbonyl (C=O) groups is 2. The number of ether oxygens (including phenoxy) is 1. The van der Waals surface area contributed by atoms with Crippen LogP contribution >= 0.6 is 11.8 Å². The van der Waals surface area contributed by atoms with Crippen LogP contribution in [0, 0.1) is 17.3 Å². The maximum absolute atomic E-state index is 12.9. The summed E-state index contributed by atoms with van der Waals surface area (Å²) in [6, 6.07) is -0.423. The van der Waals surface area contributed by atoms with E-state index in [1.165, 1.54) is 0 Å². The lowest BCUT2D eigenvalue weighted by Gasteiger charge is -2.30. The molecular formula is C19H35NO3S. The first-order chi connectivity index (χ1) is 11.0. The molecule has 3 unspecified atom stereocenters. The predicted octanol–water partition coefficient (Wildman–Crippen LogP) is 4.33. The van der Waals surface area contributed by atoms with Crippen molar-refractivity contribution in [1.29, 1.82) is 0 Å². The average molecular weight is 358 g/mol. The van der Waals surface area contributed by atoms with Crippen molar-refractivity contribution in [2.45, 2.75) is 79.1 Å². The molecule has 0 aliphatic carbocycles. The Balaban J connectivity index is 2.74. The topological polar surface area (TPSA) is 46.6 Å². The lowest BCUT2D eigenvalue weighted by Crippen LogP contribution is -2.46. The first-order valence-corrected chi connectivity index (χ1v) is 10.2. The van der Waals surface area contributed by atoms with E-state index < -0.39 is 6.04 Å². The van der Waals surface area contributed by atoms with Crippen LogP contribution in [0.1, 0.15) is 67.7 Å². The van der Waals surface area contributed by atoms with E-state index in [1.54, 1.807) is 16.7 Å². The standard InChI is InChI=1S/C19H35NO3S/c1-8-17-20(16(21)9-14(4)10-19(5,6)7)15(12-24-17)18(22)23-11-13(2)3/h13-15,17H,8-12H2,1-7H3. The maximum Gasteiger partial charge on any atom is 0.329 e. The zero-order valence-electron chi connectivity index (χ0n) is 16.4. The fraction of sp³-hybridized carbons (Fsp3) is 0.895. The average Bonchev–Trinajstić information content (AvgIpc) is 2.86. The molecule has 140 valence electrons. The Hall–Kier alpha value is -0.710. The normalized spacial score (nSPS) is 22.8. The molecule has 24 heavy (non-hydrogen) atoms. The van der Waals surface area contributed by atoms with Gasteiger partial charge in [-0.25, -0.2) is 4.79 Å². The van der Waals surface area contributed by atoms with Gasteiger partial charge in [0, 0.05) is 12.2 Å². The van der Waals surface area contributed by atoms with Gasteiger partial charge in [-0.05, 0) is 30.1 Å². The van der Waals surface area contributed by atoms with Crippen molar-refractivity contribution in [2.24, 2.45) is 17.3 Å². The summed E-state index contributed by atoms with van der Waals surface area (Å²) >= 11 is 1.69. The second-order valence-electron chi connectivity index (χ2n) is 8.61. The molecule has 1 aliphatic heterocycles. The first kappa shape index (κ1) is 21.3. The van der Waals surface area contributed by atoms with Gasteiger partial charge in [0.2, 0.25) is 5.91 Å². The summed E-state index contributed by atoms with van der Waals surface area (Å²) in [7, 11) is 0. The maximum atomic E-state index is 12.9. The van der Waals surface area contributed by atoms with Crippen molar-refractivity contribution in [3.8, 4) is 0 Å². The quantitative estimate of drug-likeness (QED) is 0.636. The Morgan fingerprint density at radius 3 is 2.38 bits per heavy atom. The Kier molecular flexibility index (Phi) is 8.10. The Bertz CT molecular complexity index is 431. The van der Waals surface area contributed by atoms with Crippen molar-refractivity contribution < 1.29 is 14.3 Å². The van der Waals surface area contributed by atoms with Crippen molar-refractivity contribution in [2.75, 3.05) is 12.4 Å². The fourth-order valence-electron chi connectivity index (χ4n) is 3.26. The minimum absolute atomic E-state index is 0.0927. The SMILES string of the molecule is CCC1SCC(C(=O)OCC(C)C)N1C(=O)CC(C)CC(C)(C)C. The second-order valence-corrected chi connectivity index (χ2v) is 9.82. The van der Waals surface area contributed by atoms with Crippen molar-refractivity contribution in [3.05, 3.63) is 0 Å². The van der Waals surface area contributed by atoms with E-state index in [2.05, 4.69) is 34.6 Å². The van der Waals surface area contributed by atoms with E-state index in [9.17, 15) is 9.59 Å². The fourth-order valence-corrected chi connectivity index (χ4v) is 4.62. The molecule has 3 atom stereocenters. The Labute approximate surface area is 152 Å². The van der Waals surface area contributed by atoms with Crippen LogP contribution in [0.3, 0.4) is 0 Å². The number of hydrogen-bond donors (Lipinski definition) is 0. The lowest BCUT2D eigenvalue weighted by molar-refractivity contribution is -0.155. The van der Waals surface area contributed by atoms with E-state index in [0.29, 0.717) is 30.6 Å². The van der Waals surface area contributed by atoms with Crippen molar-refractivity contribution >= 4 is 23.6 Å². The van der Waals surface area contributed by atoms with Gasteiger partial charge in [0.05, 0.1) is 12.0 Å². The minimum atomic E-state index is -0.423. The smallest absolute Gasteiger partial charge is 0.329 e. The summed E-state index contributed by atoms with van der Waals surface area (Å²) in [6.07, 6.45) is 2.36. The highest BCUT2D eigenvalue weighted by molar-refractivity contribution is 8.00. The van der Waals surface area contributed by atoms with E-state index in [1.807, 2.05) is 13.8 Å². The second kappa shape index (κ2) is 9.12. The minimum Gasteiger partial charge on any atom is -0.464 e. The molecule has 0 aromatic heterocycles. The largest absolute Gasteiger partial charge is 0.464 e. The van der Waals surface area contributed by atoms with Crippen LogP contribution in [0.2, 0.25) is 0 Å². The molecule has 4 nitrogen and oxygen atoms in total. The number of carbonyl (C=O) groups excluding carboxylic acids is 2. The van der Waals surface area contributed by atoms with Crippen LogP contribution < -0.4 is 0 Å². The number of hydrogen-bond acceptors (Lipinski definition) is 4. The molecule has 1 heterocycles. The van der Waals surface area contributed by atoms with E-state index in [0.717, 1.165) is 12.8 Å². The molecule has 5 heteroatoms. The predicted molar refractivity (Wildman–Crippen MR) is 101 cm³/mol. The molecule has 0 radical (unpaired) electrons. The first-order valence-electron chi connectivity index (χ1n) is 9.14.